The zero-order chi connectivity index (χ0) is 23.6. The van der Waals surface area contributed by atoms with Gasteiger partial charge in [-0.2, -0.15) is 5.26 Å². The molecule has 2 N–H and O–H groups in total. The van der Waals surface area contributed by atoms with Crippen LogP contribution in [0.15, 0.2) is 49.1 Å². The van der Waals surface area contributed by atoms with Crippen molar-refractivity contribution in [1.82, 2.24) is 14.5 Å². The minimum atomic E-state index is -0.655. The normalized spacial score (nSPS) is 14.7. The summed E-state index contributed by atoms with van der Waals surface area (Å²) in [6.45, 7) is 7.45. The summed E-state index contributed by atoms with van der Waals surface area (Å²) in [7, 11) is 0. The summed E-state index contributed by atoms with van der Waals surface area (Å²) < 4.78 is 1.74. The van der Waals surface area contributed by atoms with Gasteiger partial charge in [0.1, 0.15) is 17.7 Å². The summed E-state index contributed by atoms with van der Waals surface area (Å²) in [5.74, 6) is 1.60. The van der Waals surface area contributed by atoms with Crippen molar-refractivity contribution in [3.05, 3.63) is 65.7 Å². The smallest absolute Gasteiger partial charge is 0.257 e. The fourth-order valence-corrected chi connectivity index (χ4v) is 4.25. The van der Waals surface area contributed by atoms with Crippen molar-refractivity contribution in [3.8, 4) is 11.9 Å². The molecule has 0 atom stereocenters. The Kier molecular flexibility index (Phi) is 6.16. The number of aromatic nitrogens is 3. The van der Waals surface area contributed by atoms with Gasteiger partial charge in [0.2, 0.25) is 0 Å². The Bertz CT molecular complexity index is 1180. The summed E-state index contributed by atoms with van der Waals surface area (Å²) in [6.07, 6.45) is 8.49. The molecule has 3 aromatic rings. The molecule has 1 aliphatic rings. The Balaban J connectivity index is 1.41. The highest BCUT2D eigenvalue weighted by molar-refractivity contribution is 6.04. The van der Waals surface area contributed by atoms with Crippen LogP contribution in [0.5, 0.6) is 0 Å². The van der Waals surface area contributed by atoms with Crippen LogP contribution in [0.4, 0.5) is 11.5 Å². The van der Waals surface area contributed by atoms with Gasteiger partial charge in [0.25, 0.3) is 5.91 Å². The van der Waals surface area contributed by atoms with Gasteiger partial charge in [0, 0.05) is 31.7 Å². The maximum atomic E-state index is 12.7. The van der Waals surface area contributed by atoms with Crippen LogP contribution in [0.2, 0.25) is 0 Å². The third-order valence-corrected chi connectivity index (χ3v) is 6.20. The van der Waals surface area contributed by atoms with Crippen LogP contribution in [-0.4, -0.2) is 44.2 Å². The zero-order valence-corrected chi connectivity index (χ0v) is 19.1. The predicted molar refractivity (Wildman–Crippen MR) is 126 cm³/mol. The molecular weight excluding hydrogens is 416 g/mol. The van der Waals surface area contributed by atoms with E-state index >= 15 is 0 Å². The average Bonchev–Trinajstić information content (AvgIpc) is 3.29. The standard InChI is InChI=1S/C25H28N6O2/c1-17-12-21(15-28-23(17)30-10-7-20(8-11-30)25(2,3)33)29-24(32)19-6-9-31(16-19)22-5-4-18(13-26)14-27-22/h4-6,9,12,14-16,20,33H,7-8,10-11H2,1-3H3,(H,29,32). The second-order valence-corrected chi connectivity index (χ2v) is 9.06. The van der Waals surface area contributed by atoms with Gasteiger partial charge >= 0.3 is 0 Å². The molecule has 1 amide bonds. The van der Waals surface area contributed by atoms with Gasteiger partial charge < -0.3 is 19.9 Å². The van der Waals surface area contributed by atoms with E-state index in [0.29, 0.717) is 28.6 Å². The number of aryl methyl sites for hydroxylation is 1. The highest BCUT2D eigenvalue weighted by Crippen LogP contribution is 2.31. The number of nitrogens with zero attached hydrogens (tertiary/aromatic N) is 5. The largest absolute Gasteiger partial charge is 0.390 e. The highest BCUT2D eigenvalue weighted by Gasteiger charge is 2.31. The molecule has 0 radical (unpaired) electrons. The summed E-state index contributed by atoms with van der Waals surface area (Å²) in [5, 5.41) is 22.1. The average molecular weight is 445 g/mol. The lowest BCUT2D eigenvalue weighted by molar-refractivity contribution is 0.00645. The topological polar surface area (TPSA) is 107 Å². The van der Waals surface area contributed by atoms with Gasteiger partial charge in [-0.05, 0) is 69.4 Å². The Morgan fingerprint density at radius 2 is 1.97 bits per heavy atom. The molecule has 1 aliphatic heterocycles. The Labute approximate surface area is 193 Å². The molecule has 1 saturated heterocycles. The van der Waals surface area contributed by atoms with E-state index in [9.17, 15) is 9.90 Å². The number of piperidine rings is 1. The second-order valence-electron chi connectivity index (χ2n) is 9.06. The molecule has 3 aromatic heterocycles. The fraction of sp³-hybridized carbons (Fsp3) is 0.360. The maximum absolute atomic E-state index is 12.7. The number of rotatable bonds is 5. The number of aliphatic hydroxyl groups is 1. The number of hydrogen-bond donors (Lipinski definition) is 2. The van der Waals surface area contributed by atoms with Crippen LogP contribution in [0.1, 0.15) is 48.2 Å². The molecule has 0 spiro atoms. The van der Waals surface area contributed by atoms with E-state index in [1.165, 1.54) is 6.20 Å². The van der Waals surface area contributed by atoms with E-state index in [0.717, 1.165) is 37.3 Å². The summed E-state index contributed by atoms with van der Waals surface area (Å²) in [5.41, 5.74) is 1.96. The van der Waals surface area contributed by atoms with E-state index in [-0.39, 0.29) is 5.91 Å². The van der Waals surface area contributed by atoms with Gasteiger partial charge in [-0.1, -0.05) is 0 Å². The molecule has 33 heavy (non-hydrogen) atoms. The molecule has 0 aliphatic carbocycles. The van der Waals surface area contributed by atoms with Crippen molar-refractivity contribution >= 4 is 17.4 Å². The van der Waals surface area contributed by atoms with Crippen LogP contribution in [0, 0.1) is 24.2 Å². The highest BCUT2D eigenvalue weighted by atomic mass is 16.3. The maximum Gasteiger partial charge on any atom is 0.257 e. The third-order valence-electron chi connectivity index (χ3n) is 6.20. The lowest BCUT2D eigenvalue weighted by atomic mass is 9.83. The van der Waals surface area contributed by atoms with E-state index in [2.05, 4.69) is 20.2 Å². The van der Waals surface area contributed by atoms with Crippen molar-refractivity contribution in [2.24, 2.45) is 5.92 Å². The van der Waals surface area contributed by atoms with Gasteiger partial charge in [-0.15, -0.1) is 0 Å². The SMILES string of the molecule is Cc1cc(NC(=O)c2ccn(-c3ccc(C#N)cn3)c2)cnc1N1CCC(C(C)(C)O)CC1. The Morgan fingerprint density at radius 1 is 1.21 bits per heavy atom. The number of carbonyl (C=O) groups excluding carboxylic acids is 1. The molecule has 8 nitrogen and oxygen atoms in total. The van der Waals surface area contributed by atoms with Gasteiger partial charge in [0.15, 0.2) is 0 Å². The first-order chi connectivity index (χ1) is 15.7. The molecule has 0 aromatic carbocycles. The quantitative estimate of drug-likeness (QED) is 0.622. The molecule has 0 saturated carbocycles. The summed E-state index contributed by atoms with van der Waals surface area (Å²) in [4.78, 5) is 23.8. The van der Waals surface area contributed by atoms with E-state index < -0.39 is 5.60 Å². The second kappa shape index (κ2) is 9.04. The number of hydrogen-bond acceptors (Lipinski definition) is 6. The molecule has 4 heterocycles. The van der Waals surface area contributed by atoms with Crippen LogP contribution < -0.4 is 10.2 Å². The Hall–Kier alpha value is -3.70. The van der Waals surface area contributed by atoms with E-state index in [4.69, 9.17) is 5.26 Å². The minimum absolute atomic E-state index is 0.234. The van der Waals surface area contributed by atoms with Crippen molar-refractivity contribution < 1.29 is 9.90 Å². The molecule has 170 valence electrons. The van der Waals surface area contributed by atoms with Crippen LogP contribution in [0.3, 0.4) is 0 Å². The van der Waals surface area contributed by atoms with Crippen molar-refractivity contribution in [1.29, 1.82) is 5.26 Å². The fourth-order valence-electron chi connectivity index (χ4n) is 4.25. The monoisotopic (exact) mass is 444 g/mol. The van der Waals surface area contributed by atoms with Crippen LogP contribution in [0.25, 0.3) is 5.82 Å². The van der Waals surface area contributed by atoms with Crippen molar-refractivity contribution in [2.45, 2.75) is 39.2 Å². The lowest BCUT2D eigenvalue weighted by Crippen LogP contribution is -2.42. The number of anilines is 2. The first-order valence-electron chi connectivity index (χ1n) is 11.0. The molecule has 0 unspecified atom stereocenters. The third kappa shape index (κ3) is 5.04. The number of carbonyl (C=O) groups is 1. The van der Waals surface area contributed by atoms with Crippen molar-refractivity contribution in [3.63, 3.8) is 0 Å². The molecule has 4 rings (SSSR count). The van der Waals surface area contributed by atoms with Gasteiger partial charge in [0.05, 0.1) is 28.6 Å². The lowest BCUT2D eigenvalue weighted by Gasteiger charge is -2.38. The summed E-state index contributed by atoms with van der Waals surface area (Å²) >= 11 is 0. The first-order valence-corrected chi connectivity index (χ1v) is 11.0. The van der Waals surface area contributed by atoms with Gasteiger partial charge in [-0.25, -0.2) is 9.97 Å². The minimum Gasteiger partial charge on any atom is -0.390 e. The molecule has 8 heteroatoms. The molecule has 0 bridgehead atoms. The molecule has 1 fully saturated rings. The predicted octanol–water partition coefficient (Wildman–Crippen LogP) is 3.69. The van der Waals surface area contributed by atoms with Gasteiger partial charge in [-0.3, -0.25) is 4.79 Å². The molecular formula is C25H28N6O2. The van der Waals surface area contributed by atoms with Crippen LogP contribution in [-0.2, 0) is 0 Å². The van der Waals surface area contributed by atoms with E-state index in [1.54, 1.807) is 41.4 Å². The summed E-state index contributed by atoms with van der Waals surface area (Å²) in [6, 6.07) is 9.11. The number of amides is 1. The number of nitriles is 1. The number of nitrogens with one attached hydrogen (secondary N) is 1. The van der Waals surface area contributed by atoms with Crippen molar-refractivity contribution in [2.75, 3.05) is 23.3 Å². The first kappa shape index (κ1) is 22.5. The van der Waals surface area contributed by atoms with E-state index in [1.807, 2.05) is 32.9 Å². The zero-order valence-electron chi connectivity index (χ0n) is 19.1. The number of pyridine rings is 2. The van der Waals surface area contributed by atoms with Crippen LogP contribution >= 0.6 is 0 Å². The Morgan fingerprint density at radius 3 is 2.58 bits per heavy atom.